The van der Waals surface area contributed by atoms with Crippen LogP contribution in [0.4, 0.5) is 5.69 Å². The molecule has 1 unspecified atom stereocenters. The first-order valence-corrected chi connectivity index (χ1v) is 16.5. The molecule has 4 aliphatic rings. The third-order valence-corrected chi connectivity index (χ3v) is 10.9. The molecule has 0 aromatic heterocycles. The number of anilines is 1. The Morgan fingerprint density at radius 2 is 1.93 bits per heavy atom. The minimum atomic E-state index is -2.16. The van der Waals surface area contributed by atoms with Gasteiger partial charge in [-0.2, -0.15) is 0 Å². The van der Waals surface area contributed by atoms with E-state index in [2.05, 4.69) is 36.1 Å². The van der Waals surface area contributed by atoms with Crippen LogP contribution in [0.15, 0.2) is 48.6 Å². The lowest BCUT2D eigenvalue weighted by atomic mass is 9.68. The Balaban J connectivity index is 1.47. The van der Waals surface area contributed by atoms with E-state index in [1.807, 2.05) is 18.2 Å². The van der Waals surface area contributed by atoms with Gasteiger partial charge in [0, 0.05) is 44.2 Å². The van der Waals surface area contributed by atoms with Gasteiger partial charge in [-0.1, -0.05) is 42.8 Å². The Morgan fingerprint density at radius 3 is 2.67 bits per heavy atom. The number of carbonyl (C=O) groups excluding carboxylic acids is 2. The van der Waals surface area contributed by atoms with Crippen LogP contribution in [0.2, 0.25) is 5.02 Å². The van der Waals surface area contributed by atoms with Crippen LogP contribution in [-0.2, 0) is 36.5 Å². The highest BCUT2D eigenvalue weighted by Gasteiger charge is 2.46. The van der Waals surface area contributed by atoms with E-state index in [0.717, 1.165) is 49.4 Å². The van der Waals surface area contributed by atoms with Gasteiger partial charge in [-0.25, -0.2) is 4.79 Å². The molecule has 1 fully saturated rings. The van der Waals surface area contributed by atoms with Crippen molar-refractivity contribution in [1.82, 2.24) is 4.90 Å². The van der Waals surface area contributed by atoms with Crippen molar-refractivity contribution in [3.05, 3.63) is 70.3 Å². The Morgan fingerprint density at radius 1 is 1.11 bits per heavy atom. The number of amides is 1. The zero-order valence-electron chi connectivity index (χ0n) is 26.8. The van der Waals surface area contributed by atoms with Gasteiger partial charge in [0.25, 0.3) is 0 Å². The molecule has 1 amide bonds. The van der Waals surface area contributed by atoms with Crippen LogP contribution < -0.4 is 9.64 Å². The number of aliphatic hydroxyl groups is 1. The van der Waals surface area contributed by atoms with E-state index in [1.165, 1.54) is 18.2 Å². The van der Waals surface area contributed by atoms with Crippen LogP contribution in [0.3, 0.4) is 0 Å². The Bertz CT molecular complexity index is 1480. The second-order valence-electron chi connectivity index (χ2n) is 13.7. The average Bonchev–Trinajstić information content (AvgIpc) is 3.16. The van der Waals surface area contributed by atoms with E-state index in [0.29, 0.717) is 42.8 Å². The van der Waals surface area contributed by atoms with Gasteiger partial charge in [0.1, 0.15) is 5.75 Å². The molecule has 0 saturated heterocycles. The highest BCUT2D eigenvalue weighted by Crippen LogP contribution is 2.48. The van der Waals surface area contributed by atoms with Gasteiger partial charge in [0.15, 0.2) is 5.60 Å². The fraction of sp³-hybridized carbons (Fsp3) is 0.556. The van der Waals surface area contributed by atoms with E-state index >= 15 is 0 Å². The lowest BCUT2D eigenvalue weighted by Gasteiger charge is -2.46. The summed E-state index contributed by atoms with van der Waals surface area (Å²) in [4.78, 5) is 30.7. The molecular weight excluding hydrogens is 592 g/mol. The molecule has 45 heavy (non-hydrogen) atoms. The highest BCUT2D eigenvalue weighted by molar-refractivity contribution is 6.30. The van der Waals surface area contributed by atoms with Crippen molar-refractivity contribution in [2.45, 2.75) is 62.6 Å². The van der Waals surface area contributed by atoms with E-state index in [-0.39, 0.29) is 23.3 Å². The van der Waals surface area contributed by atoms with Crippen molar-refractivity contribution in [1.29, 1.82) is 0 Å². The number of benzene rings is 2. The molecule has 2 aliphatic heterocycles. The molecule has 1 saturated carbocycles. The van der Waals surface area contributed by atoms with Crippen LogP contribution >= 0.6 is 11.6 Å². The van der Waals surface area contributed by atoms with E-state index in [1.54, 1.807) is 25.1 Å². The fourth-order valence-corrected chi connectivity index (χ4v) is 8.21. The lowest BCUT2D eigenvalue weighted by Crippen LogP contribution is -2.49. The Hall–Kier alpha value is -3.07. The molecule has 242 valence electrons. The molecule has 6 rings (SSSR count). The third kappa shape index (κ3) is 5.97. The average molecular weight is 637 g/mol. The van der Waals surface area contributed by atoms with Crippen molar-refractivity contribution in [3.63, 3.8) is 0 Å². The molecule has 2 aromatic rings. The lowest BCUT2D eigenvalue weighted by molar-refractivity contribution is -0.168. The Kier molecular flexibility index (Phi) is 8.94. The largest absolute Gasteiger partial charge is 0.490 e. The number of rotatable bonds is 2. The highest BCUT2D eigenvalue weighted by atomic mass is 35.5. The molecule has 9 heteroatoms. The first-order valence-electron chi connectivity index (χ1n) is 16.1. The van der Waals surface area contributed by atoms with Crippen molar-refractivity contribution in [3.8, 4) is 5.75 Å². The van der Waals surface area contributed by atoms with Gasteiger partial charge < -0.3 is 29.1 Å². The first-order chi connectivity index (χ1) is 21.6. The summed E-state index contributed by atoms with van der Waals surface area (Å²) in [6.07, 6.45) is 8.96. The molecular formula is C36H45ClN2O6. The van der Waals surface area contributed by atoms with E-state index < -0.39 is 18.0 Å². The molecule has 1 spiro atoms. The number of ether oxygens (including phenoxy) is 3. The van der Waals surface area contributed by atoms with E-state index in [4.69, 9.17) is 25.8 Å². The zero-order chi connectivity index (χ0) is 31.9. The summed E-state index contributed by atoms with van der Waals surface area (Å²) < 4.78 is 17.7. The van der Waals surface area contributed by atoms with Crippen LogP contribution in [0.5, 0.6) is 5.75 Å². The summed E-state index contributed by atoms with van der Waals surface area (Å²) in [5.74, 6) is 0.269. The minimum absolute atomic E-state index is 0.0231. The minimum Gasteiger partial charge on any atom is -0.490 e. The number of hydrogen-bond donors (Lipinski definition) is 1. The SMILES string of the molecule is COC(=O)[C@@]1(O)CC(=O)N(C)C[C@@H](C)/C=C/C(OC)[C@@H]2CC[C@H]2CN2C[C@@]3(CCCc4cc(Cl)ccc43)COc3ccc1cc32. The number of fused-ring (bicyclic) bond motifs is 4. The summed E-state index contributed by atoms with van der Waals surface area (Å²) in [7, 11) is 4.71. The number of nitrogens with zero attached hydrogens (tertiary/aromatic N) is 2. The summed E-state index contributed by atoms with van der Waals surface area (Å²) in [6.45, 7) is 4.49. The monoisotopic (exact) mass is 636 g/mol. The number of esters is 1. The molecule has 2 bridgehead atoms. The number of methoxy groups -OCH3 is 2. The maximum absolute atomic E-state index is 13.5. The van der Waals surface area contributed by atoms with Crippen LogP contribution in [-0.4, -0.2) is 75.5 Å². The van der Waals surface area contributed by atoms with Crippen LogP contribution in [0.25, 0.3) is 0 Å². The summed E-state index contributed by atoms with van der Waals surface area (Å²) in [5, 5.41) is 12.7. The zero-order valence-corrected chi connectivity index (χ0v) is 27.5. The molecule has 2 aromatic carbocycles. The number of halogens is 1. The maximum atomic E-state index is 13.5. The van der Waals surface area contributed by atoms with Gasteiger partial charge in [0.2, 0.25) is 5.91 Å². The number of carbonyl (C=O) groups is 2. The second-order valence-corrected chi connectivity index (χ2v) is 14.1. The molecule has 1 N–H and O–H groups in total. The van der Waals surface area contributed by atoms with Gasteiger partial charge >= 0.3 is 5.97 Å². The molecule has 8 nitrogen and oxygen atoms in total. The van der Waals surface area contributed by atoms with Gasteiger partial charge in [-0.3, -0.25) is 4.79 Å². The van der Waals surface area contributed by atoms with Crippen LogP contribution in [0.1, 0.15) is 55.7 Å². The van der Waals surface area contributed by atoms with Crippen molar-refractivity contribution in [2.75, 3.05) is 52.4 Å². The molecule has 0 radical (unpaired) electrons. The standard InChI is InChI=1S/C36H45ClN2O6/c1-23-7-13-31(43-3)28-11-8-25(28)20-39-21-35(15-5-6-24-16-27(37)10-12-29(24)35)22-45-32-14-9-26(17-30(32)39)36(42,34(41)44-4)18-33(40)38(2)19-23/h7,9-10,12-14,16-17,23,25,28,31,42H,5-6,8,11,15,18-22H2,1-4H3/b13-7+/t23-,25-,28+,31?,35-,36+/m0/s1. The first kappa shape index (κ1) is 31.9. The van der Waals surface area contributed by atoms with Gasteiger partial charge in [0.05, 0.1) is 31.9 Å². The second kappa shape index (κ2) is 12.6. The molecule has 2 aliphatic carbocycles. The van der Waals surface area contributed by atoms with Gasteiger partial charge in [-0.05, 0) is 90.8 Å². The number of hydrogen-bond acceptors (Lipinski definition) is 7. The van der Waals surface area contributed by atoms with Crippen molar-refractivity contribution < 1.29 is 28.9 Å². The predicted molar refractivity (Wildman–Crippen MR) is 174 cm³/mol. The summed E-state index contributed by atoms with van der Waals surface area (Å²) in [6, 6.07) is 11.6. The van der Waals surface area contributed by atoms with Crippen LogP contribution in [0, 0.1) is 17.8 Å². The molecule has 6 atom stereocenters. The fourth-order valence-electron chi connectivity index (χ4n) is 8.01. The number of aryl methyl sites for hydroxylation is 1. The normalized spacial score (nSPS) is 32.4. The van der Waals surface area contributed by atoms with E-state index in [9.17, 15) is 14.7 Å². The van der Waals surface area contributed by atoms with Crippen molar-refractivity contribution >= 4 is 29.2 Å². The van der Waals surface area contributed by atoms with Crippen molar-refractivity contribution in [2.24, 2.45) is 17.8 Å². The van der Waals surface area contributed by atoms with Gasteiger partial charge in [-0.15, -0.1) is 0 Å². The maximum Gasteiger partial charge on any atom is 0.343 e. The Labute approximate surface area is 271 Å². The third-order valence-electron chi connectivity index (χ3n) is 10.7. The summed E-state index contributed by atoms with van der Waals surface area (Å²) in [5.41, 5.74) is 1.25. The topological polar surface area (TPSA) is 88.5 Å². The summed E-state index contributed by atoms with van der Waals surface area (Å²) >= 11 is 6.44. The molecule has 2 heterocycles. The predicted octanol–water partition coefficient (Wildman–Crippen LogP) is 5.27. The quantitative estimate of drug-likeness (QED) is 0.355. The smallest absolute Gasteiger partial charge is 0.343 e.